The summed E-state index contributed by atoms with van der Waals surface area (Å²) in [4.78, 5) is 12.4. The van der Waals surface area contributed by atoms with Crippen LogP contribution in [0, 0.1) is 11.7 Å². The molecule has 0 N–H and O–H groups in total. The molecule has 1 fully saturated rings. The number of hydrogen-bond acceptors (Lipinski definition) is 2. The van der Waals surface area contributed by atoms with Crippen LogP contribution in [0.4, 0.5) is 4.39 Å². The fourth-order valence-electron chi connectivity index (χ4n) is 3.12. The molecule has 1 aliphatic rings. The molecule has 0 atom stereocenters. The molecule has 25 heavy (non-hydrogen) atoms. The molecule has 1 aromatic heterocycles. The molecule has 0 bridgehead atoms. The monoisotopic (exact) mass is 353 g/mol. The van der Waals surface area contributed by atoms with Gasteiger partial charge in [0.05, 0.1) is 6.61 Å². The van der Waals surface area contributed by atoms with Crippen molar-refractivity contribution in [1.29, 1.82) is 0 Å². The molecule has 1 saturated carbocycles. The lowest BCUT2D eigenvalue weighted by molar-refractivity contribution is 0.301. The van der Waals surface area contributed by atoms with E-state index in [1.165, 1.54) is 30.2 Å². The zero-order chi connectivity index (χ0) is 17.6. The molecular weight excluding hydrogens is 333 g/mol. The lowest BCUT2D eigenvalue weighted by atomic mass is 9.99. The van der Waals surface area contributed by atoms with Crippen LogP contribution in [-0.4, -0.2) is 21.4 Å². The third-order valence-corrected chi connectivity index (χ3v) is 5.36. The van der Waals surface area contributed by atoms with Gasteiger partial charge in [-0.1, -0.05) is 17.3 Å². The minimum absolute atomic E-state index is 0.124. The summed E-state index contributed by atoms with van der Waals surface area (Å²) in [7, 11) is 2.64. The number of pyridine rings is 1. The summed E-state index contributed by atoms with van der Waals surface area (Å²) in [6.45, 7) is 0.714. The van der Waals surface area contributed by atoms with Gasteiger partial charge in [0.15, 0.2) is 0 Å². The second-order valence-corrected chi connectivity index (χ2v) is 8.06. The van der Waals surface area contributed by atoms with E-state index in [-0.39, 0.29) is 11.4 Å². The number of halogens is 1. The molecule has 0 saturated heterocycles. The molecule has 0 aliphatic heterocycles. The Morgan fingerprint density at radius 3 is 2.72 bits per heavy atom. The van der Waals surface area contributed by atoms with Gasteiger partial charge in [-0.05, 0) is 48.4 Å². The quantitative estimate of drug-likeness (QED) is 0.673. The van der Waals surface area contributed by atoms with Crippen molar-refractivity contribution in [2.45, 2.75) is 12.8 Å². The SMILES string of the molecule is Cn1cc(-c2cc([SiH3])ccc2OCC2CC2)c2cc(F)ccc2c1=O. The number of hydrogen-bond donors (Lipinski definition) is 0. The first-order valence-corrected chi connectivity index (χ1v) is 9.55. The molecule has 0 radical (unpaired) electrons. The van der Waals surface area contributed by atoms with Crippen LogP contribution in [0.15, 0.2) is 47.4 Å². The summed E-state index contributed by atoms with van der Waals surface area (Å²) in [5, 5.41) is 2.38. The Hall–Kier alpha value is -2.40. The molecule has 0 spiro atoms. The van der Waals surface area contributed by atoms with Crippen molar-refractivity contribution in [2.24, 2.45) is 13.0 Å². The molecule has 2 aromatic carbocycles. The number of ether oxygens (including phenoxy) is 1. The maximum absolute atomic E-state index is 13.9. The zero-order valence-corrected chi connectivity index (χ0v) is 16.4. The standard InChI is InChI=1S/C20H20FNO2Si/c1-22-10-18(16-8-13(21)4-6-15(16)20(22)23)17-9-14(25)5-7-19(17)24-11-12-2-3-12/h4-10,12H,2-3,11H2,1,25H3. The van der Waals surface area contributed by atoms with E-state index >= 15 is 0 Å². The van der Waals surface area contributed by atoms with Crippen molar-refractivity contribution in [2.75, 3.05) is 6.61 Å². The van der Waals surface area contributed by atoms with E-state index in [1.807, 2.05) is 6.07 Å². The van der Waals surface area contributed by atoms with Crippen LogP contribution in [0.25, 0.3) is 21.9 Å². The first kappa shape index (κ1) is 16.1. The fraction of sp³-hybridized carbons (Fsp3) is 0.250. The summed E-state index contributed by atoms with van der Waals surface area (Å²) in [5.41, 5.74) is 1.64. The Bertz CT molecular complexity index is 1020. The first-order chi connectivity index (χ1) is 12.0. The van der Waals surface area contributed by atoms with Crippen LogP contribution in [0.1, 0.15) is 12.8 Å². The van der Waals surface area contributed by atoms with Gasteiger partial charge in [-0.2, -0.15) is 0 Å². The summed E-state index contributed by atoms with van der Waals surface area (Å²) in [6.07, 6.45) is 4.23. The Morgan fingerprint density at radius 2 is 1.96 bits per heavy atom. The van der Waals surface area contributed by atoms with Crippen molar-refractivity contribution < 1.29 is 9.13 Å². The van der Waals surface area contributed by atoms with Crippen molar-refractivity contribution in [1.82, 2.24) is 4.57 Å². The van der Waals surface area contributed by atoms with Crippen LogP contribution in [0.5, 0.6) is 5.75 Å². The number of rotatable bonds is 4. The number of benzene rings is 2. The van der Waals surface area contributed by atoms with E-state index in [2.05, 4.69) is 12.1 Å². The maximum atomic E-state index is 13.9. The minimum atomic E-state index is -0.343. The molecule has 3 aromatic rings. The average molecular weight is 353 g/mol. The van der Waals surface area contributed by atoms with Crippen LogP contribution < -0.4 is 15.5 Å². The van der Waals surface area contributed by atoms with Crippen LogP contribution in [-0.2, 0) is 7.05 Å². The van der Waals surface area contributed by atoms with E-state index in [1.54, 1.807) is 23.9 Å². The summed E-state index contributed by atoms with van der Waals surface area (Å²) in [5.74, 6) is 1.11. The number of aromatic nitrogens is 1. The van der Waals surface area contributed by atoms with Gasteiger partial charge in [0.25, 0.3) is 5.56 Å². The Morgan fingerprint density at radius 1 is 1.16 bits per heavy atom. The minimum Gasteiger partial charge on any atom is -0.493 e. The van der Waals surface area contributed by atoms with Crippen molar-refractivity contribution in [3.8, 4) is 16.9 Å². The van der Waals surface area contributed by atoms with Gasteiger partial charge < -0.3 is 9.30 Å². The van der Waals surface area contributed by atoms with Gasteiger partial charge in [0.1, 0.15) is 11.6 Å². The van der Waals surface area contributed by atoms with Gasteiger partial charge in [0.2, 0.25) is 0 Å². The number of nitrogens with zero attached hydrogens (tertiary/aromatic N) is 1. The second-order valence-electron chi connectivity index (χ2n) is 6.90. The van der Waals surface area contributed by atoms with Crippen LogP contribution >= 0.6 is 0 Å². The van der Waals surface area contributed by atoms with E-state index in [9.17, 15) is 9.18 Å². The third-order valence-electron chi connectivity index (χ3n) is 4.74. The highest BCUT2D eigenvalue weighted by Crippen LogP contribution is 2.36. The lowest BCUT2D eigenvalue weighted by Crippen LogP contribution is -2.17. The highest BCUT2D eigenvalue weighted by molar-refractivity contribution is 6.32. The normalized spacial score (nSPS) is 14.2. The highest BCUT2D eigenvalue weighted by Gasteiger charge is 2.23. The topological polar surface area (TPSA) is 31.2 Å². The summed E-state index contributed by atoms with van der Waals surface area (Å²) >= 11 is 0. The fourth-order valence-corrected chi connectivity index (χ4v) is 3.58. The van der Waals surface area contributed by atoms with E-state index < -0.39 is 0 Å². The smallest absolute Gasteiger partial charge is 0.258 e. The molecule has 128 valence electrons. The van der Waals surface area contributed by atoms with Crippen LogP contribution in [0.3, 0.4) is 0 Å². The van der Waals surface area contributed by atoms with Gasteiger partial charge in [0, 0.05) is 40.0 Å². The van der Waals surface area contributed by atoms with Crippen LogP contribution in [0.2, 0.25) is 0 Å². The van der Waals surface area contributed by atoms with E-state index in [0.29, 0.717) is 23.3 Å². The Kier molecular flexibility index (Phi) is 3.96. The summed E-state index contributed by atoms with van der Waals surface area (Å²) in [6, 6.07) is 10.5. The molecule has 1 aliphatic carbocycles. The lowest BCUT2D eigenvalue weighted by Gasteiger charge is -2.15. The predicted octanol–water partition coefficient (Wildman–Crippen LogP) is 2.12. The molecule has 3 nitrogen and oxygen atoms in total. The molecule has 1 heterocycles. The van der Waals surface area contributed by atoms with Crippen molar-refractivity contribution in [3.05, 3.63) is 58.8 Å². The number of fused-ring (bicyclic) bond motifs is 1. The van der Waals surface area contributed by atoms with Crippen molar-refractivity contribution in [3.63, 3.8) is 0 Å². The molecule has 0 unspecified atom stereocenters. The van der Waals surface area contributed by atoms with E-state index in [4.69, 9.17) is 4.74 Å². The largest absolute Gasteiger partial charge is 0.493 e. The van der Waals surface area contributed by atoms with Gasteiger partial charge in [-0.15, -0.1) is 0 Å². The van der Waals surface area contributed by atoms with Gasteiger partial charge in [-0.25, -0.2) is 4.39 Å². The van der Waals surface area contributed by atoms with Gasteiger partial charge in [-0.3, -0.25) is 4.79 Å². The zero-order valence-electron chi connectivity index (χ0n) is 14.4. The molecule has 4 rings (SSSR count). The Labute approximate surface area is 148 Å². The molecule has 0 amide bonds. The summed E-state index contributed by atoms with van der Waals surface area (Å²) < 4.78 is 21.5. The second kappa shape index (κ2) is 6.15. The van der Waals surface area contributed by atoms with Crippen molar-refractivity contribution >= 4 is 26.2 Å². The third kappa shape index (κ3) is 3.12. The Balaban J connectivity index is 1.94. The van der Waals surface area contributed by atoms with Gasteiger partial charge >= 0.3 is 0 Å². The predicted molar refractivity (Wildman–Crippen MR) is 102 cm³/mol. The highest BCUT2D eigenvalue weighted by atomic mass is 28.1. The molecular formula is C20H20FNO2Si. The number of aryl methyl sites for hydroxylation is 1. The first-order valence-electron chi connectivity index (χ1n) is 8.55. The maximum Gasteiger partial charge on any atom is 0.258 e. The average Bonchev–Trinajstić information content (AvgIpc) is 3.41. The molecule has 5 heteroatoms. The van der Waals surface area contributed by atoms with E-state index in [0.717, 1.165) is 27.1 Å².